The van der Waals surface area contributed by atoms with Crippen LogP contribution in [0.3, 0.4) is 0 Å². The van der Waals surface area contributed by atoms with Gasteiger partial charge in [-0.2, -0.15) is 13.2 Å². The van der Waals surface area contributed by atoms with Crippen molar-refractivity contribution in [1.29, 1.82) is 0 Å². The van der Waals surface area contributed by atoms with Gasteiger partial charge in [-0.05, 0) is 26.3 Å². The molecule has 0 atom stereocenters. The third-order valence-electron chi connectivity index (χ3n) is 2.48. The number of aliphatic hydroxyl groups is 1. The lowest BCUT2D eigenvalue weighted by molar-refractivity contribution is -0.167. The average molecular weight is 248 g/mol. The molecule has 0 heterocycles. The minimum absolute atomic E-state index is 0.0854. The van der Waals surface area contributed by atoms with Gasteiger partial charge in [0.05, 0.1) is 0 Å². The van der Waals surface area contributed by atoms with E-state index in [1.165, 1.54) is 26.8 Å². The summed E-state index contributed by atoms with van der Waals surface area (Å²) in [5, 5.41) is 9.44. The molecule has 17 heavy (non-hydrogen) atoms. The number of halogens is 3. The van der Waals surface area contributed by atoms with Gasteiger partial charge in [-0.3, -0.25) is 9.59 Å². The van der Waals surface area contributed by atoms with Crippen molar-refractivity contribution >= 4 is 11.6 Å². The van der Waals surface area contributed by atoms with Crippen molar-refractivity contribution in [2.24, 2.45) is 5.41 Å². The Labute approximate surface area is 95.6 Å². The highest BCUT2D eigenvalue weighted by Crippen LogP contribution is 2.36. The Morgan fingerprint density at radius 3 is 2.24 bits per heavy atom. The van der Waals surface area contributed by atoms with Crippen molar-refractivity contribution < 1.29 is 27.9 Å². The average Bonchev–Trinajstić information content (AvgIpc) is 2.13. The van der Waals surface area contributed by atoms with Crippen LogP contribution in [0.25, 0.3) is 0 Å². The van der Waals surface area contributed by atoms with Crippen LogP contribution < -0.4 is 0 Å². The highest BCUT2D eigenvalue weighted by atomic mass is 19.4. The summed E-state index contributed by atoms with van der Waals surface area (Å²) in [6.07, 6.45) is -3.84. The molecule has 0 aromatic heterocycles. The number of alkyl halides is 3. The van der Waals surface area contributed by atoms with Crippen LogP contribution >= 0.6 is 0 Å². The first-order valence-electron chi connectivity index (χ1n) is 4.78. The van der Waals surface area contributed by atoms with Gasteiger partial charge in [-0.1, -0.05) is 6.08 Å². The van der Waals surface area contributed by atoms with Crippen LogP contribution in [0.5, 0.6) is 0 Å². The van der Waals surface area contributed by atoms with Crippen LogP contribution in [-0.4, -0.2) is 22.8 Å². The molecule has 0 aromatic rings. The van der Waals surface area contributed by atoms with Crippen molar-refractivity contribution in [3.63, 3.8) is 0 Å². The van der Waals surface area contributed by atoms with Crippen molar-refractivity contribution in [1.82, 2.24) is 0 Å². The van der Waals surface area contributed by atoms with E-state index in [1.54, 1.807) is 0 Å². The number of hydrogen-bond acceptors (Lipinski definition) is 3. The normalized spacial score (nSPS) is 20.4. The molecule has 0 bridgehead atoms. The number of rotatable bonds is 1. The number of carbonyl (C=O) groups is 2. The van der Waals surface area contributed by atoms with Crippen LogP contribution in [-0.2, 0) is 9.59 Å². The molecule has 94 valence electrons. The van der Waals surface area contributed by atoms with E-state index in [1.807, 2.05) is 0 Å². The Morgan fingerprint density at radius 1 is 1.35 bits per heavy atom. The Kier molecular flexibility index (Phi) is 2.94. The minimum Gasteiger partial charge on any atom is -0.507 e. The molecule has 1 aliphatic carbocycles. The molecule has 0 aliphatic heterocycles. The third kappa shape index (κ3) is 2.25. The van der Waals surface area contributed by atoms with Gasteiger partial charge < -0.3 is 5.11 Å². The van der Waals surface area contributed by atoms with Crippen LogP contribution in [0.4, 0.5) is 13.2 Å². The summed E-state index contributed by atoms with van der Waals surface area (Å²) >= 11 is 0. The lowest BCUT2D eigenvalue weighted by Crippen LogP contribution is -2.37. The van der Waals surface area contributed by atoms with E-state index in [2.05, 4.69) is 0 Å². The van der Waals surface area contributed by atoms with E-state index in [9.17, 15) is 27.9 Å². The number of hydrogen-bond donors (Lipinski definition) is 1. The summed E-state index contributed by atoms with van der Waals surface area (Å²) in [6.45, 7) is 4.11. The van der Waals surface area contributed by atoms with Crippen LogP contribution in [0.1, 0.15) is 20.8 Å². The second-order valence-corrected chi connectivity index (χ2v) is 4.43. The molecule has 0 radical (unpaired) electrons. The van der Waals surface area contributed by atoms with Crippen molar-refractivity contribution in [2.75, 3.05) is 0 Å². The molecule has 0 saturated carbocycles. The maximum Gasteiger partial charge on any atom is 0.455 e. The van der Waals surface area contributed by atoms with E-state index < -0.39 is 34.5 Å². The van der Waals surface area contributed by atoms with Crippen LogP contribution in [0.15, 0.2) is 23.0 Å². The van der Waals surface area contributed by atoms with Gasteiger partial charge in [0.1, 0.15) is 11.3 Å². The summed E-state index contributed by atoms with van der Waals surface area (Å²) in [7, 11) is 0. The molecule has 0 spiro atoms. The smallest absolute Gasteiger partial charge is 0.455 e. The molecule has 3 nitrogen and oxygen atoms in total. The highest BCUT2D eigenvalue weighted by molar-refractivity contribution is 6.25. The number of Topliss-reactive ketones (excluding diaryl/α,β-unsaturated/α-hetero) is 2. The second kappa shape index (κ2) is 3.72. The zero-order valence-electron chi connectivity index (χ0n) is 9.47. The standard InChI is InChI=1S/C11H11F3O3/c1-5-4-10(2,3)8(16)6(7(5)15)9(17)11(12,13)14/h4,15H,1-3H3. The Balaban J connectivity index is 3.40. The summed E-state index contributed by atoms with van der Waals surface area (Å²) < 4.78 is 36.9. The van der Waals surface area contributed by atoms with Gasteiger partial charge in [0.15, 0.2) is 5.78 Å². The molecule has 1 N–H and O–H groups in total. The number of aliphatic hydroxyl groups excluding tert-OH is 1. The van der Waals surface area contributed by atoms with E-state index in [4.69, 9.17) is 0 Å². The van der Waals surface area contributed by atoms with Crippen molar-refractivity contribution in [3.8, 4) is 0 Å². The molecule has 1 aliphatic rings. The number of carbonyl (C=O) groups excluding carboxylic acids is 2. The number of ketones is 2. The maximum atomic E-state index is 12.3. The lowest BCUT2D eigenvalue weighted by atomic mass is 9.76. The molecule has 1 rings (SSSR count). The van der Waals surface area contributed by atoms with E-state index >= 15 is 0 Å². The molecule has 0 amide bonds. The predicted octanol–water partition coefficient (Wildman–Crippen LogP) is 2.49. The second-order valence-electron chi connectivity index (χ2n) is 4.43. The van der Waals surface area contributed by atoms with Gasteiger partial charge >= 0.3 is 6.18 Å². The summed E-state index contributed by atoms with van der Waals surface area (Å²) in [5.74, 6) is -4.22. The molecular weight excluding hydrogens is 237 g/mol. The summed E-state index contributed by atoms with van der Waals surface area (Å²) in [6, 6.07) is 0. The van der Waals surface area contributed by atoms with Crippen molar-refractivity contribution in [2.45, 2.75) is 26.9 Å². The maximum absolute atomic E-state index is 12.3. The summed E-state index contributed by atoms with van der Waals surface area (Å²) in [4.78, 5) is 22.8. The Morgan fingerprint density at radius 2 is 1.82 bits per heavy atom. The zero-order chi connectivity index (χ0) is 13.6. The quantitative estimate of drug-likeness (QED) is 0.725. The van der Waals surface area contributed by atoms with Gasteiger partial charge in [-0.25, -0.2) is 0 Å². The van der Waals surface area contributed by atoms with E-state index in [0.29, 0.717) is 0 Å². The first-order chi connectivity index (χ1) is 7.48. The van der Waals surface area contributed by atoms with Gasteiger partial charge in [0, 0.05) is 5.41 Å². The first kappa shape index (κ1) is 13.5. The minimum atomic E-state index is -5.17. The van der Waals surface area contributed by atoms with Crippen LogP contribution in [0, 0.1) is 5.41 Å². The molecular formula is C11H11F3O3. The third-order valence-corrected chi connectivity index (χ3v) is 2.48. The van der Waals surface area contributed by atoms with Crippen molar-refractivity contribution in [3.05, 3.63) is 23.0 Å². The number of allylic oxidation sites excluding steroid dienone is 3. The fraction of sp³-hybridized carbons (Fsp3) is 0.455. The largest absolute Gasteiger partial charge is 0.507 e. The fourth-order valence-electron chi connectivity index (χ4n) is 1.65. The monoisotopic (exact) mass is 248 g/mol. The van der Waals surface area contributed by atoms with Gasteiger partial charge in [-0.15, -0.1) is 0 Å². The SMILES string of the molecule is CC1=CC(C)(C)C(=O)C(C(=O)C(F)(F)F)=C1O. The molecule has 0 aromatic carbocycles. The van der Waals surface area contributed by atoms with Gasteiger partial charge in [0.25, 0.3) is 5.78 Å². The predicted molar refractivity (Wildman–Crippen MR) is 53.3 cm³/mol. The molecule has 6 heteroatoms. The Hall–Kier alpha value is -1.59. The zero-order valence-corrected chi connectivity index (χ0v) is 9.47. The van der Waals surface area contributed by atoms with E-state index in [0.717, 1.165) is 0 Å². The molecule has 0 saturated heterocycles. The fourth-order valence-corrected chi connectivity index (χ4v) is 1.65. The lowest BCUT2D eigenvalue weighted by Gasteiger charge is -2.26. The van der Waals surface area contributed by atoms with Gasteiger partial charge in [0.2, 0.25) is 0 Å². The van der Waals surface area contributed by atoms with E-state index in [-0.39, 0.29) is 5.57 Å². The summed E-state index contributed by atoms with van der Waals surface area (Å²) in [5.41, 5.74) is -2.32. The molecule has 0 fully saturated rings. The topological polar surface area (TPSA) is 54.4 Å². The Bertz CT molecular complexity index is 453. The molecule has 0 unspecified atom stereocenters. The van der Waals surface area contributed by atoms with Crippen LogP contribution in [0.2, 0.25) is 0 Å². The highest BCUT2D eigenvalue weighted by Gasteiger charge is 2.48. The first-order valence-corrected chi connectivity index (χ1v) is 4.78.